The van der Waals surface area contributed by atoms with Gasteiger partial charge in [0.2, 0.25) is 0 Å². The van der Waals surface area contributed by atoms with E-state index in [9.17, 15) is 4.39 Å². The minimum Gasteiger partial charge on any atom is -0.494 e. The Morgan fingerprint density at radius 1 is 1.30 bits per heavy atom. The number of methoxy groups -OCH3 is 1. The summed E-state index contributed by atoms with van der Waals surface area (Å²) in [5, 5.41) is 3.11. The summed E-state index contributed by atoms with van der Waals surface area (Å²) in [5.74, 6) is 6.34. The number of halogens is 1. The predicted octanol–water partition coefficient (Wildman–Crippen LogP) is 2.22. The maximum absolute atomic E-state index is 13.4. The molecular weight excluding hydrogens is 261 g/mol. The predicted molar refractivity (Wildman–Crippen MR) is 75.5 cm³/mol. The molecular formula is C13H16FN5O. The second-order valence-electron chi connectivity index (χ2n) is 4.02. The van der Waals surface area contributed by atoms with E-state index < -0.39 is 5.82 Å². The number of nitrogen functional groups attached to an aromatic ring is 1. The van der Waals surface area contributed by atoms with Crippen LogP contribution in [-0.4, -0.2) is 17.1 Å². The zero-order valence-electron chi connectivity index (χ0n) is 11.3. The molecule has 7 heteroatoms. The third-order valence-electron chi connectivity index (χ3n) is 2.85. The number of ether oxygens (including phenoxy) is 1. The molecule has 2 rings (SSSR count). The van der Waals surface area contributed by atoms with Gasteiger partial charge in [0.25, 0.3) is 0 Å². The molecule has 0 amide bonds. The van der Waals surface area contributed by atoms with Gasteiger partial charge in [-0.2, -0.15) is 0 Å². The summed E-state index contributed by atoms with van der Waals surface area (Å²) in [6.45, 7) is 1.97. The minimum absolute atomic E-state index is 0.166. The average molecular weight is 277 g/mol. The Bertz CT molecular complexity index is 605. The van der Waals surface area contributed by atoms with Crippen LogP contribution in [-0.2, 0) is 6.42 Å². The van der Waals surface area contributed by atoms with Gasteiger partial charge in [-0.25, -0.2) is 20.2 Å². The van der Waals surface area contributed by atoms with Gasteiger partial charge in [-0.05, 0) is 18.6 Å². The fourth-order valence-corrected chi connectivity index (χ4v) is 1.85. The van der Waals surface area contributed by atoms with Crippen LogP contribution in [0, 0.1) is 5.82 Å². The van der Waals surface area contributed by atoms with E-state index in [1.807, 2.05) is 6.92 Å². The van der Waals surface area contributed by atoms with Crippen molar-refractivity contribution >= 4 is 17.3 Å². The lowest BCUT2D eigenvalue weighted by molar-refractivity contribution is 0.387. The minimum atomic E-state index is -0.416. The Morgan fingerprint density at radius 2 is 2.05 bits per heavy atom. The molecule has 20 heavy (non-hydrogen) atoms. The van der Waals surface area contributed by atoms with Gasteiger partial charge in [-0.1, -0.05) is 6.92 Å². The van der Waals surface area contributed by atoms with Crippen molar-refractivity contribution in [3.05, 3.63) is 35.9 Å². The lowest BCUT2D eigenvalue weighted by Crippen LogP contribution is -2.13. The molecule has 1 aromatic heterocycles. The highest BCUT2D eigenvalue weighted by molar-refractivity contribution is 5.65. The van der Waals surface area contributed by atoms with Crippen LogP contribution < -0.4 is 21.3 Å². The normalized spacial score (nSPS) is 10.2. The number of hydrazine groups is 1. The van der Waals surface area contributed by atoms with Crippen molar-refractivity contribution in [3.63, 3.8) is 0 Å². The van der Waals surface area contributed by atoms with E-state index in [1.165, 1.54) is 19.5 Å². The molecule has 0 radical (unpaired) electrons. The van der Waals surface area contributed by atoms with Gasteiger partial charge in [-0.3, -0.25) is 0 Å². The van der Waals surface area contributed by atoms with Crippen LogP contribution in [0.25, 0.3) is 0 Å². The number of hydrogen-bond donors (Lipinski definition) is 3. The second-order valence-corrected chi connectivity index (χ2v) is 4.02. The van der Waals surface area contributed by atoms with Crippen LogP contribution >= 0.6 is 0 Å². The van der Waals surface area contributed by atoms with Gasteiger partial charge in [0, 0.05) is 17.3 Å². The highest BCUT2D eigenvalue weighted by Gasteiger charge is 2.10. The quantitative estimate of drug-likeness (QED) is 0.574. The number of hydrogen-bond acceptors (Lipinski definition) is 6. The first-order valence-corrected chi connectivity index (χ1v) is 6.10. The molecule has 0 saturated heterocycles. The van der Waals surface area contributed by atoms with E-state index >= 15 is 0 Å². The van der Waals surface area contributed by atoms with Crippen LogP contribution in [0.2, 0.25) is 0 Å². The smallest absolute Gasteiger partial charge is 0.165 e. The summed E-state index contributed by atoms with van der Waals surface area (Å²) in [6, 6.07) is 4.50. The molecule has 6 nitrogen and oxygen atoms in total. The molecule has 4 N–H and O–H groups in total. The molecule has 0 atom stereocenters. The first-order valence-electron chi connectivity index (χ1n) is 6.10. The van der Waals surface area contributed by atoms with Gasteiger partial charge < -0.3 is 15.5 Å². The highest BCUT2D eigenvalue weighted by Crippen LogP contribution is 2.27. The van der Waals surface area contributed by atoms with E-state index in [-0.39, 0.29) is 5.75 Å². The van der Waals surface area contributed by atoms with Crippen molar-refractivity contribution in [2.24, 2.45) is 5.84 Å². The monoisotopic (exact) mass is 277 g/mol. The van der Waals surface area contributed by atoms with Crippen molar-refractivity contribution in [2.75, 3.05) is 17.9 Å². The lowest BCUT2D eigenvalue weighted by atomic mass is 10.2. The summed E-state index contributed by atoms with van der Waals surface area (Å²) in [4.78, 5) is 8.23. The number of nitrogens with one attached hydrogen (secondary N) is 2. The fraction of sp³-hybridized carbons (Fsp3) is 0.231. The molecule has 2 aromatic rings. The molecule has 0 aliphatic rings. The molecule has 1 aromatic carbocycles. The third-order valence-corrected chi connectivity index (χ3v) is 2.85. The Hall–Kier alpha value is -2.41. The van der Waals surface area contributed by atoms with Crippen LogP contribution in [0.4, 0.5) is 21.7 Å². The van der Waals surface area contributed by atoms with E-state index in [2.05, 4.69) is 20.7 Å². The Kier molecular flexibility index (Phi) is 4.31. The zero-order chi connectivity index (χ0) is 14.5. The summed E-state index contributed by atoms with van der Waals surface area (Å²) in [6.07, 6.45) is 2.10. The van der Waals surface area contributed by atoms with Crippen molar-refractivity contribution in [1.29, 1.82) is 0 Å². The number of nitrogens with two attached hydrogens (primary N) is 1. The van der Waals surface area contributed by atoms with Gasteiger partial charge >= 0.3 is 0 Å². The van der Waals surface area contributed by atoms with E-state index in [1.54, 1.807) is 12.1 Å². The lowest BCUT2D eigenvalue weighted by Gasteiger charge is -2.13. The maximum atomic E-state index is 13.4. The van der Waals surface area contributed by atoms with E-state index in [4.69, 9.17) is 10.6 Å². The van der Waals surface area contributed by atoms with Gasteiger partial charge in [0.15, 0.2) is 11.6 Å². The number of anilines is 3. The SMILES string of the molecule is CCc1c(NN)ncnc1Nc1ccc(F)c(OC)c1. The summed E-state index contributed by atoms with van der Waals surface area (Å²) in [5.41, 5.74) is 4.04. The van der Waals surface area contributed by atoms with Crippen LogP contribution in [0.15, 0.2) is 24.5 Å². The van der Waals surface area contributed by atoms with Crippen LogP contribution in [0.3, 0.4) is 0 Å². The van der Waals surface area contributed by atoms with Crippen molar-refractivity contribution < 1.29 is 9.13 Å². The van der Waals surface area contributed by atoms with Gasteiger partial charge in [0.05, 0.1) is 7.11 Å². The first kappa shape index (κ1) is 14.0. The molecule has 0 fully saturated rings. The van der Waals surface area contributed by atoms with Crippen molar-refractivity contribution in [2.45, 2.75) is 13.3 Å². The number of rotatable bonds is 5. The summed E-state index contributed by atoms with van der Waals surface area (Å²) < 4.78 is 18.3. The fourth-order valence-electron chi connectivity index (χ4n) is 1.85. The first-order chi connectivity index (χ1) is 9.69. The van der Waals surface area contributed by atoms with Crippen LogP contribution in [0.5, 0.6) is 5.75 Å². The number of aromatic nitrogens is 2. The summed E-state index contributed by atoms with van der Waals surface area (Å²) >= 11 is 0. The number of benzene rings is 1. The zero-order valence-corrected chi connectivity index (χ0v) is 11.3. The standard InChI is InChI=1S/C13H16FN5O/c1-3-9-12(16-7-17-13(9)19-15)18-8-4-5-10(14)11(6-8)20-2/h4-7H,3,15H2,1-2H3,(H2,16,17,18,19). The Morgan fingerprint density at radius 3 is 2.70 bits per heavy atom. The van der Waals surface area contributed by atoms with Crippen molar-refractivity contribution in [3.8, 4) is 5.75 Å². The maximum Gasteiger partial charge on any atom is 0.165 e. The molecule has 0 unspecified atom stereocenters. The Labute approximate surface area is 116 Å². The Balaban J connectivity index is 2.34. The van der Waals surface area contributed by atoms with Gasteiger partial charge in [-0.15, -0.1) is 0 Å². The highest BCUT2D eigenvalue weighted by atomic mass is 19.1. The summed E-state index contributed by atoms with van der Waals surface area (Å²) in [7, 11) is 1.42. The van der Waals surface area contributed by atoms with Crippen molar-refractivity contribution in [1.82, 2.24) is 9.97 Å². The topological polar surface area (TPSA) is 85.1 Å². The molecule has 0 bridgehead atoms. The second kappa shape index (κ2) is 6.16. The van der Waals surface area contributed by atoms with E-state index in [0.29, 0.717) is 23.7 Å². The third kappa shape index (κ3) is 2.77. The largest absolute Gasteiger partial charge is 0.494 e. The average Bonchev–Trinajstić information content (AvgIpc) is 2.48. The molecule has 0 spiro atoms. The van der Waals surface area contributed by atoms with Gasteiger partial charge in [0.1, 0.15) is 18.0 Å². The van der Waals surface area contributed by atoms with Crippen LogP contribution in [0.1, 0.15) is 12.5 Å². The molecule has 0 aliphatic carbocycles. The molecule has 0 aliphatic heterocycles. The molecule has 1 heterocycles. The molecule has 0 saturated carbocycles. The molecule has 106 valence electrons. The number of nitrogens with zero attached hydrogens (tertiary/aromatic N) is 2. The van der Waals surface area contributed by atoms with E-state index in [0.717, 1.165) is 5.56 Å².